The molecule has 5 N–H and O–H groups in total. The molecular weight excluding hydrogens is 263 g/mol. The normalized spacial score (nSPS) is 14.1. The summed E-state index contributed by atoms with van der Waals surface area (Å²) in [5.74, 6) is -2.07. The summed E-state index contributed by atoms with van der Waals surface area (Å²) in [5.41, 5.74) is 3.67. The van der Waals surface area contributed by atoms with Crippen LogP contribution in [0.2, 0.25) is 5.02 Å². The molecule has 8 heteroatoms. The van der Waals surface area contributed by atoms with Crippen LogP contribution in [0.3, 0.4) is 0 Å². The Morgan fingerprint density at radius 2 is 2.11 bits per heavy atom. The van der Waals surface area contributed by atoms with Gasteiger partial charge in [-0.3, -0.25) is 4.79 Å². The first-order valence-electron chi connectivity index (χ1n) is 5.01. The standard InChI is InChI=1S/C10H12BClFNO4/c1-10(14,9(15)16)4-5-2-7(12)6(11(17)18)3-8(5)13/h2-3,17-18H,4,14H2,1H3,(H,15,16). The maximum Gasteiger partial charge on any atom is 0.490 e. The Balaban J connectivity index is 3.13. The first-order valence-corrected chi connectivity index (χ1v) is 5.39. The van der Waals surface area contributed by atoms with E-state index in [1.165, 1.54) is 6.92 Å². The molecule has 1 unspecified atom stereocenters. The molecule has 1 atom stereocenters. The number of carboxylic acids is 1. The van der Waals surface area contributed by atoms with Gasteiger partial charge in [0.05, 0.1) is 0 Å². The lowest BCUT2D eigenvalue weighted by atomic mass is 9.79. The van der Waals surface area contributed by atoms with Crippen LogP contribution in [0.15, 0.2) is 12.1 Å². The third kappa shape index (κ3) is 3.20. The summed E-state index contributed by atoms with van der Waals surface area (Å²) < 4.78 is 13.7. The zero-order valence-electron chi connectivity index (χ0n) is 9.52. The number of hydrogen-bond acceptors (Lipinski definition) is 4. The van der Waals surface area contributed by atoms with Gasteiger partial charge in [0.1, 0.15) is 11.4 Å². The van der Waals surface area contributed by atoms with Gasteiger partial charge in [0, 0.05) is 16.9 Å². The predicted octanol–water partition coefficient (Wildman–Crippen LogP) is -0.497. The fraction of sp³-hybridized carbons (Fsp3) is 0.300. The molecule has 0 bridgehead atoms. The summed E-state index contributed by atoms with van der Waals surface area (Å²) in [6.07, 6.45) is -0.268. The number of nitrogens with two attached hydrogens (primary N) is 1. The van der Waals surface area contributed by atoms with E-state index in [4.69, 9.17) is 32.5 Å². The van der Waals surface area contributed by atoms with Crippen LogP contribution in [-0.4, -0.2) is 33.8 Å². The van der Waals surface area contributed by atoms with Gasteiger partial charge in [-0.15, -0.1) is 0 Å². The topological polar surface area (TPSA) is 104 Å². The number of carbonyl (C=O) groups is 1. The Labute approximate surface area is 108 Å². The van der Waals surface area contributed by atoms with E-state index >= 15 is 0 Å². The quantitative estimate of drug-likeness (QED) is 0.555. The summed E-state index contributed by atoms with van der Waals surface area (Å²) in [4.78, 5) is 10.8. The van der Waals surface area contributed by atoms with Crippen molar-refractivity contribution in [3.63, 3.8) is 0 Å². The number of halogens is 2. The molecule has 98 valence electrons. The molecule has 0 heterocycles. The van der Waals surface area contributed by atoms with Crippen LogP contribution in [-0.2, 0) is 11.2 Å². The van der Waals surface area contributed by atoms with E-state index < -0.39 is 24.4 Å². The Kier molecular flexibility index (Phi) is 4.34. The lowest BCUT2D eigenvalue weighted by molar-refractivity contribution is -0.142. The molecule has 0 fully saturated rings. The minimum atomic E-state index is -1.90. The lowest BCUT2D eigenvalue weighted by Crippen LogP contribution is -2.47. The van der Waals surface area contributed by atoms with E-state index in [1.807, 2.05) is 0 Å². The van der Waals surface area contributed by atoms with Gasteiger partial charge in [0.2, 0.25) is 0 Å². The Hall–Kier alpha value is -1.15. The second-order valence-corrected chi connectivity index (χ2v) is 4.65. The fourth-order valence-electron chi connectivity index (χ4n) is 1.41. The van der Waals surface area contributed by atoms with Crippen molar-refractivity contribution in [3.8, 4) is 0 Å². The highest BCUT2D eigenvalue weighted by Crippen LogP contribution is 2.18. The lowest BCUT2D eigenvalue weighted by Gasteiger charge is -2.20. The van der Waals surface area contributed by atoms with E-state index in [0.717, 1.165) is 12.1 Å². The molecule has 18 heavy (non-hydrogen) atoms. The Morgan fingerprint density at radius 1 is 1.56 bits per heavy atom. The molecule has 0 saturated carbocycles. The maximum atomic E-state index is 13.7. The van der Waals surface area contributed by atoms with Crippen molar-refractivity contribution in [1.29, 1.82) is 0 Å². The number of benzene rings is 1. The third-order valence-electron chi connectivity index (χ3n) is 2.49. The van der Waals surface area contributed by atoms with E-state index in [1.54, 1.807) is 0 Å². The minimum absolute atomic E-state index is 0.00296. The van der Waals surface area contributed by atoms with Crippen LogP contribution >= 0.6 is 11.6 Å². The van der Waals surface area contributed by atoms with Crippen LogP contribution in [0.1, 0.15) is 12.5 Å². The van der Waals surface area contributed by atoms with E-state index in [2.05, 4.69) is 0 Å². The second kappa shape index (κ2) is 5.23. The van der Waals surface area contributed by atoms with Crippen molar-refractivity contribution in [2.45, 2.75) is 18.9 Å². The van der Waals surface area contributed by atoms with Crippen LogP contribution in [0.5, 0.6) is 0 Å². The number of carboxylic acid groups (broad SMARTS) is 1. The fourth-order valence-corrected chi connectivity index (χ4v) is 1.69. The van der Waals surface area contributed by atoms with Gasteiger partial charge in [-0.1, -0.05) is 11.6 Å². The third-order valence-corrected chi connectivity index (χ3v) is 2.82. The van der Waals surface area contributed by atoms with Crippen molar-refractivity contribution in [2.24, 2.45) is 5.73 Å². The summed E-state index contributed by atoms with van der Waals surface area (Å²) in [6, 6.07) is 1.99. The van der Waals surface area contributed by atoms with Crippen LogP contribution in [0, 0.1) is 5.82 Å². The largest absolute Gasteiger partial charge is 0.490 e. The van der Waals surface area contributed by atoms with Gasteiger partial charge in [0.25, 0.3) is 0 Å². The molecule has 1 aromatic carbocycles. The number of hydrogen-bond donors (Lipinski definition) is 4. The Bertz CT molecular complexity index is 481. The van der Waals surface area contributed by atoms with Crippen molar-refractivity contribution in [2.75, 3.05) is 0 Å². The summed E-state index contributed by atoms with van der Waals surface area (Å²) in [7, 11) is -1.90. The van der Waals surface area contributed by atoms with Crippen LogP contribution in [0.4, 0.5) is 4.39 Å². The zero-order chi connectivity index (χ0) is 14.1. The molecule has 0 aliphatic carbocycles. The molecule has 0 saturated heterocycles. The predicted molar refractivity (Wildman–Crippen MR) is 65.2 cm³/mol. The molecule has 1 rings (SSSR count). The van der Waals surface area contributed by atoms with Gasteiger partial charge < -0.3 is 20.9 Å². The molecule has 0 aliphatic rings. The average Bonchev–Trinajstić information content (AvgIpc) is 2.21. The smallest absolute Gasteiger partial charge is 0.480 e. The van der Waals surface area contributed by atoms with Gasteiger partial charge in [-0.05, 0) is 24.6 Å². The molecule has 0 spiro atoms. The molecule has 0 amide bonds. The van der Waals surface area contributed by atoms with Crippen molar-refractivity contribution < 1.29 is 24.3 Å². The highest BCUT2D eigenvalue weighted by molar-refractivity contribution is 6.62. The van der Waals surface area contributed by atoms with Crippen molar-refractivity contribution in [3.05, 3.63) is 28.5 Å². The van der Waals surface area contributed by atoms with Gasteiger partial charge >= 0.3 is 13.1 Å². The molecule has 0 aliphatic heterocycles. The van der Waals surface area contributed by atoms with E-state index in [-0.39, 0.29) is 22.5 Å². The minimum Gasteiger partial charge on any atom is -0.480 e. The average molecular weight is 275 g/mol. The molecule has 0 radical (unpaired) electrons. The van der Waals surface area contributed by atoms with Crippen molar-refractivity contribution in [1.82, 2.24) is 0 Å². The number of aliphatic carboxylic acids is 1. The molecule has 0 aromatic heterocycles. The summed E-state index contributed by atoms with van der Waals surface area (Å²) >= 11 is 5.73. The first-order chi connectivity index (χ1) is 8.15. The SMILES string of the molecule is CC(N)(Cc1cc(Cl)c(B(O)O)cc1F)C(=O)O. The molecule has 5 nitrogen and oxygen atoms in total. The van der Waals surface area contributed by atoms with Gasteiger partial charge in [0.15, 0.2) is 0 Å². The Morgan fingerprint density at radius 3 is 2.56 bits per heavy atom. The molecular formula is C10H12BClFNO4. The summed E-state index contributed by atoms with van der Waals surface area (Å²) in [5, 5.41) is 26.6. The van der Waals surface area contributed by atoms with Gasteiger partial charge in [-0.2, -0.15) is 0 Å². The van der Waals surface area contributed by atoms with E-state index in [9.17, 15) is 9.18 Å². The van der Waals surface area contributed by atoms with Crippen LogP contribution < -0.4 is 11.2 Å². The first kappa shape index (κ1) is 14.9. The van der Waals surface area contributed by atoms with E-state index in [0.29, 0.717) is 0 Å². The summed E-state index contributed by atoms with van der Waals surface area (Å²) in [6.45, 7) is 1.25. The zero-order valence-corrected chi connectivity index (χ0v) is 10.3. The highest BCUT2D eigenvalue weighted by Gasteiger charge is 2.30. The molecule has 1 aromatic rings. The number of rotatable bonds is 4. The maximum absolute atomic E-state index is 13.7. The van der Waals surface area contributed by atoms with Crippen LogP contribution in [0.25, 0.3) is 0 Å². The van der Waals surface area contributed by atoms with Gasteiger partial charge in [-0.25, -0.2) is 4.39 Å². The monoisotopic (exact) mass is 275 g/mol. The second-order valence-electron chi connectivity index (χ2n) is 4.24. The highest BCUT2D eigenvalue weighted by atomic mass is 35.5. The van der Waals surface area contributed by atoms with Crippen molar-refractivity contribution >= 4 is 30.2 Å².